The van der Waals surface area contributed by atoms with Gasteiger partial charge in [-0.2, -0.15) is 0 Å². The second-order valence-corrected chi connectivity index (χ2v) is 6.11. The van der Waals surface area contributed by atoms with Crippen LogP contribution >= 0.6 is 11.8 Å². The summed E-state index contributed by atoms with van der Waals surface area (Å²) in [7, 11) is 0. The van der Waals surface area contributed by atoms with Gasteiger partial charge in [-0.3, -0.25) is 4.98 Å². The van der Waals surface area contributed by atoms with Crippen molar-refractivity contribution in [2.24, 2.45) is 0 Å². The molecule has 0 radical (unpaired) electrons. The van der Waals surface area contributed by atoms with Crippen molar-refractivity contribution in [1.29, 1.82) is 0 Å². The van der Waals surface area contributed by atoms with Gasteiger partial charge in [0.25, 0.3) is 0 Å². The molecule has 1 aromatic carbocycles. The zero-order chi connectivity index (χ0) is 16.0. The first-order valence-corrected chi connectivity index (χ1v) is 7.81. The van der Waals surface area contributed by atoms with Crippen molar-refractivity contribution in [3.05, 3.63) is 41.7 Å². The Balaban J connectivity index is 1.55. The topological polar surface area (TPSA) is 60.0 Å². The number of hydrogen-bond donors (Lipinski definition) is 1. The molecule has 1 aliphatic heterocycles. The lowest BCUT2D eigenvalue weighted by Gasteiger charge is -2.04. The van der Waals surface area contributed by atoms with Gasteiger partial charge in [0.05, 0.1) is 16.7 Å². The fraction of sp³-hybridized carbons (Fsp3) is 0.200. The monoisotopic (exact) mass is 335 g/mol. The average molecular weight is 335 g/mol. The number of rotatable bonds is 3. The van der Waals surface area contributed by atoms with Gasteiger partial charge in [-0.05, 0) is 18.6 Å². The normalized spacial score (nSPS) is 15.3. The van der Waals surface area contributed by atoms with Crippen LogP contribution in [0.1, 0.15) is 11.3 Å². The van der Waals surface area contributed by atoms with Gasteiger partial charge in [0.2, 0.25) is 0 Å². The second-order valence-electron chi connectivity index (χ2n) is 5.14. The Labute approximate surface area is 134 Å². The minimum absolute atomic E-state index is 0.00269. The zero-order valence-electron chi connectivity index (χ0n) is 12.0. The SMILES string of the molecule is Cc1ccc(CSc2nc3cc4c(cc3[nH]2)OC(F)(F)O4)nc1. The lowest BCUT2D eigenvalue weighted by Crippen LogP contribution is -2.25. The Bertz CT molecular complexity index is 835. The maximum atomic E-state index is 13.0. The van der Waals surface area contributed by atoms with Crippen LogP contribution in [0.15, 0.2) is 35.6 Å². The second kappa shape index (κ2) is 5.09. The molecule has 0 spiro atoms. The van der Waals surface area contributed by atoms with E-state index in [0.29, 0.717) is 21.9 Å². The molecule has 2 aromatic heterocycles. The van der Waals surface area contributed by atoms with E-state index in [2.05, 4.69) is 24.4 Å². The number of aryl methyl sites for hydroxylation is 1. The van der Waals surface area contributed by atoms with Crippen molar-refractivity contribution in [3.63, 3.8) is 0 Å². The van der Waals surface area contributed by atoms with Crippen LogP contribution in [0.5, 0.6) is 11.5 Å². The third-order valence-electron chi connectivity index (χ3n) is 3.31. The highest BCUT2D eigenvalue weighted by atomic mass is 32.2. The summed E-state index contributed by atoms with van der Waals surface area (Å²) in [5.74, 6) is 0.652. The summed E-state index contributed by atoms with van der Waals surface area (Å²) in [4.78, 5) is 11.8. The molecule has 0 saturated carbocycles. The van der Waals surface area contributed by atoms with Crippen LogP contribution in [0.25, 0.3) is 11.0 Å². The first kappa shape index (κ1) is 14.3. The van der Waals surface area contributed by atoms with E-state index in [-0.39, 0.29) is 11.5 Å². The summed E-state index contributed by atoms with van der Waals surface area (Å²) < 4.78 is 34.9. The number of nitrogens with one attached hydrogen (secondary N) is 1. The Morgan fingerprint density at radius 2 is 2.00 bits per heavy atom. The van der Waals surface area contributed by atoms with Crippen molar-refractivity contribution >= 4 is 22.8 Å². The fourth-order valence-corrected chi connectivity index (χ4v) is 3.03. The van der Waals surface area contributed by atoms with Crippen molar-refractivity contribution in [2.75, 3.05) is 0 Å². The van der Waals surface area contributed by atoms with Gasteiger partial charge < -0.3 is 14.5 Å². The van der Waals surface area contributed by atoms with E-state index in [1.54, 1.807) is 0 Å². The predicted molar refractivity (Wildman–Crippen MR) is 80.8 cm³/mol. The molecule has 0 aliphatic carbocycles. The Morgan fingerprint density at radius 1 is 1.22 bits per heavy atom. The number of aromatic amines is 1. The number of hydrogen-bond acceptors (Lipinski definition) is 5. The van der Waals surface area contributed by atoms with E-state index in [0.717, 1.165) is 11.3 Å². The van der Waals surface area contributed by atoms with Gasteiger partial charge in [-0.15, -0.1) is 8.78 Å². The first-order chi connectivity index (χ1) is 11.0. The summed E-state index contributed by atoms with van der Waals surface area (Å²) in [5.41, 5.74) is 3.21. The molecular formula is C15H11F2N3O2S. The number of ether oxygens (including phenoxy) is 2. The first-order valence-electron chi connectivity index (χ1n) is 6.82. The number of pyridine rings is 1. The zero-order valence-corrected chi connectivity index (χ0v) is 12.8. The Morgan fingerprint density at radius 3 is 2.74 bits per heavy atom. The molecule has 0 unspecified atom stereocenters. The minimum Gasteiger partial charge on any atom is -0.395 e. The van der Waals surface area contributed by atoms with E-state index in [4.69, 9.17) is 0 Å². The van der Waals surface area contributed by atoms with E-state index in [1.807, 2.05) is 25.3 Å². The predicted octanol–water partition coefficient (Wildman–Crippen LogP) is 3.88. The van der Waals surface area contributed by atoms with Gasteiger partial charge in [0, 0.05) is 24.1 Å². The standard InChI is InChI=1S/C15H11F2N3O2S/c1-8-2-3-9(18-6-8)7-23-14-19-10-4-12-13(5-11(10)20-14)22-15(16,17)21-12/h2-6H,7H2,1H3,(H,19,20). The molecule has 1 aliphatic rings. The van der Waals surface area contributed by atoms with Crippen molar-refractivity contribution in [1.82, 2.24) is 15.0 Å². The minimum atomic E-state index is -3.62. The fourth-order valence-electron chi connectivity index (χ4n) is 2.23. The van der Waals surface area contributed by atoms with Crippen LogP contribution in [0.4, 0.5) is 8.78 Å². The van der Waals surface area contributed by atoms with Crippen LogP contribution < -0.4 is 9.47 Å². The summed E-state index contributed by atoms with van der Waals surface area (Å²) in [6.07, 6.45) is -1.80. The average Bonchev–Trinajstić information content (AvgIpc) is 3.01. The molecule has 4 rings (SSSR count). The molecule has 8 heteroatoms. The molecule has 1 N–H and O–H groups in total. The van der Waals surface area contributed by atoms with Crippen LogP contribution in [0.2, 0.25) is 0 Å². The van der Waals surface area contributed by atoms with Gasteiger partial charge in [-0.1, -0.05) is 17.8 Å². The number of aromatic nitrogens is 3. The number of fused-ring (bicyclic) bond motifs is 2. The molecule has 0 saturated heterocycles. The third-order valence-corrected chi connectivity index (χ3v) is 4.22. The number of thioether (sulfide) groups is 1. The number of nitrogens with zero attached hydrogens (tertiary/aromatic N) is 2. The maximum Gasteiger partial charge on any atom is 0.586 e. The van der Waals surface area contributed by atoms with Crippen LogP contribution in [-0.4, -0.2) is 21.2 Å². The summed E-state index contributed by atoms with van der Waals surface area (Å²) in [6.45, 7) is 1.98. The number of benzene rings is 1. The Kier molecular flexibility index (Phi) is 3.15. The lowest BCUT2D eigenvalue weighted by molar-refractivity contribution is -0.286. The number of imidazole rings is 1. The van der Waals surface area contributed by atoms with Crippen molar-refractivity contribution in [3.8, 4) is 11.5 Å². The number of halogens is 2. The number of alkyl halides is 2. The third kappa shape index (κ3) is 2.81. The van der Waals surface area contributed by atoms with Crippen LogP contribution in [-0.2, 0) is 5.75 Å². The smallest absolute Gasteiger partial charge is 0.395 e. The highest BCUT2D eigenvalue weighted by Gasteiger charge is 2.43. The van der Waals surface area contributed by atoms with Crippen molar-refractivity contribution < 1.29 is 18.3 Å². The van der Waals surface area contributed by atoms with Crippen molar-refractivity contribution in [2.45, 2.75) is 24.1 Å². The summed E-state index contributed by atoms with van der Waals surface area (Å²) >= 11 is 1.48. The van der Waals surface area contributed by atoms with E-state index in [9.17, 15) is 8.78 Å². The van der Waals surface area contributed by atoms with Crippen LogP contribution in [0, 0.1) is 6.92 Å². The Hall–Kier alpha value is -2.35. The summed E-state index contributed by atoms with van der Waals surface area (Å²) in [6, 6.07) is 6.87. The van der Waals surface area contributed by atoms with Gasteiger partial charge in [0.15, 0.2) is 16.7 Å². The maximum absolute atomic E-state index is 13.0. The number of H-pyrrole nitrogens is 1. The quantitative estimate of drug-likeness (QED) is 0.736. The molecule has 23 heavy (non-hydrogen) atoms. The molecule has 0 atom stereocenters. The van der Waals surface area contributed by atoms with Gasteiger partial charge >= 0.3 is 6.29 Å². The molecule has 0 amide bonds. The molecular weight excluding hydrogens is 324 g/mol. The van der Waals surface area contributed by atoms with E-state index >= 15 is 0 Å². The molecule has 3 aromatic rings. The van der Waals surface area contributed by atoms with Gasteiger partial charge in [0.1, 0.15) is 0 Å². The highest BCUT2D eigenvalue weighted by molar-refractivity contribution is 7.98. The molecule has 3 heterocycles. The highest BCUT2D eigenvalue weighted by Crippen LogP contribution is 2.43. The lowest BCUT2D eigenvalue weighted by atomic mass is 10.3. The van der Waals surface area contributed by atoms with Crippen LogP contribution in [0.3, 0.4) is 0 Å². The molecule has 0 fully saturated rings. The molecule has 5 nitrogen and oxygen atoms in total. The van der Waals surface area contributed by atoms with E-state index < -0.39 is 6.29 Å². The largest absolute Gasteiger partial charge is 0.586 e. The molecule has 0 bridgehead atoms. The van der Waals surface area contributed by atoms with Gasteiger partial charge in [-0.25, -0.2) is 4.98 Å². The van der Waals surface area contributed by atoms with E-state index in [1.165, 1.54) is 23.9 Å². The molecule has 118 valence electrons. The summed E-state index contributed by atoms with van der Waals surface area (Å²) in [5, 5.41) is 0.679.